The average molecular weight is 681 g/mol. The van der Waals surface area contributed by atoms with Crippen LogP contribution in [-0.2, 0) is 22.0 Å². The van der Waals surface area contributed by atoms with Crippen molar-refractivity contribution < 1.29 is 41.4 Å². The van der Waals surface area contributed by atoms with Crippen LogP contribution in [0.1, 0.15) is 29.9 Å². The molecule has 0 fully saturated rings. The molecule has 1 aromatic carbocycles. The number of ether oxygens (including phenoxy) is 2. The fourth-order valence-electron chi connectivity index (χ4n) is 5.88. The Morgan fingerprint density at radius 2 is 2.04 bits per heavy atom. The van der Waals surface area contributed by atoms with Crippen LogP contribution in [0.5, 0.6) is 5.75 Å². The van der Waals surface area contributed by atoms with Crippen molar-refractivity contribution in [2.45, 2.75) is 25.4 Å². The molecule has 6 rings (SSSR count). The van der Waals surface area contributed by atoms with Crippen molar-refractivity contribution in [3.63, 3.8) is 0 Å². The molecule has 1 amide bonds. The summed E-state index contributed by atoms with van der Waals surface area (Å²) >= 11 is 0. The number of aliphatic hydroxyl groups is 1. The second kappa shape index (κ2) is 13.8. The Hall–Kier alpha value is -5.12. The summed E-state index contributed by atoms with van der Waals surface area (Å²) < 4.78 is 77.4. The van der Waals surface area contributed by atoms with Gasteiger partial charge in [-0.3, -0.25) is 19.8 Å². The zero-order chi connectivity index (χ0) is 34.9. The van der Waals surface area contributed by atoms with Crippen LogP contribution in [0.3, 0.4) is 0 Å². The summed E-state index contributed by atoms with van der Waals surface area (Å²) in [6.45, 7) is 4.57. The van der Waals surface area contributed by atoms with E-state index in [0.29, 0.717) is 16.6 Å². The zero-order valence-corrected chi connectivity index (χ0v) is 26.5. The van der Waals surface area contributed by atoms with E-state index in [1.165, 1.54) is 30.5 Å². The molecule has 0 radical (unpaired) electrons. The number of carbonyl (C=O) groups is 1. The van der Waals surface area contributed by atoms with Crippen LogP contribution >= 0.6 is 0 Å². The van der Waals surface area contributed by atoms with Crippen LogP contribution in [0, 0.1) is 11.6 Å². The number of aromatic nitrogens is 4. The number of furan rings is 1. The molecule has 11 nitrogen and oxygen atoms in total. The third-order valence-electron chi connectivity index (χ3n) is 8.09. The molecule has 4 aromatic heterocycles. The molecule has 0 unspecified atom stereocenters. The van der Waals surface area contributed by atoms with Gasteiger partial charge in [0.05, 0.1) is 43.3 Å². The number of rotatable bonds is 12. The summed E-state index contributed by atoms with van der Waals surface area (Å²) in [5.74, 6) is -5.62. The molecule has 0 saturated heterocycles. The highest BCUT2D eigenvalue weighted by Gasteiger charge is 2.42. The van der Waals surface area contributed by atoms with E-state index >= 15 is 13.2 Å². The number of methoxy groups -OCH3 is 1. The van der Waals surface area contributed by atoms with E-state index in [-0.39, 0.29) is 83.7 Å². The number of benzene rings is 1. The SMILES string of the molecule is C=CC(=O)N[C@H](C)c1cc(-c2nc(-c3cnc4c(c3)CN(CCO)CC4(F)F)c3occc3c2-c2c(F)cc(F)cc2OCCOC)n[nH]1. The maximum Gasteiger partial charge on any atom is 0.302 e. The van der Waals surface area contributed by atoms with E-state index in [0.717, 1.165) is 18.2 Å². The lowest BCUT2D eigenvalue weighted by Gasteiger charge is -2.33. The first-order valence-electron chi connectivity index (χ1n) is 15.3. The van der Waals surface area contributed by atoms with Crippen molar-refractivity contribution in [2.75, 3.05) is 40.0 Å². The number of hydrogen-bond acceptors (Lipinski definition) is 9. The van der Waals surface area contributed by atoms with Crippen molar-refractivity contribution in [2.24, 2.45) is 0 Å². The van der Waals surface area contributed by atoms with Gasteiger partial charge in [0.2, 0.25) is 5.91 Å². The molecular weight excluding hydrogens is 648 g/mol. The Morgan fingerprint density at radius 3 is 2.80 bits per heavy atom. The predicted molar refractivity (Wildman–Crippen MR) is 171 cm³/mol. The smallest absolute Gasteiger partial charge is 0.302 e. The van der Waals surface area contributed by atoms with Crippen LogP contribution in [0.15, 0.2) is 59.9 Å². The number of carbonyl (C=O) groups excluding carboxylic acids is 1. The van der Waals surface area contributed by atoms with Crippen molar-refractivity contribution in [1.29, 1.82) is 0 Å². The minimum absolute atomic E-state index is 0.0203. The molecule has 5 heterocycles. The first-order chi connectivity index (χ1) is 23.5. The van der Waals surface area contributed by atoms with Gasteiger partial charge in [-0.2, -0.15) is 13.9 Å². The van der Waals surface area contributed by atoms with Gasteiger partial charge in [-0.15, -0.1) is 0 Å². The third-order valence-corrected chi connectivity index (χ3v) is 8.09. The first kappa shape index (κ1) is 33.8. The number of hydrogen-bond donors (Lipinski definition) is 3. The van der Waals surface area contributed by atoms with Gasteiger partial charge in [0.15, 0.2) is 5.58 Å². The van der Waals surface area contributed by atoms with E-state index in [1.807, 2.05) is 0 Å². The maximum absolute atomic E-state index is 15.9. The van der Waals surface area contributed by atoms with E-state index in [1.54, 1.807) is 19.1 Å². The number of nitrogens with one attached hydrogen (secondary N) is 2. The van der Waals surface area contributed by atoms with E-state index in [2.05, 4.69) is 27.1 Å². The summed E-state index contributed by atoms with van der Waals surface area (Å²) in [5, 5.41) is 19.8. The molecule has 1 aliphatic rings. The third kappa shape index (κ3) is 6.64. The fraction of sp³-hybridized carbons (Fsp3) is 0.294. The molecule has 0 aliphatic carbocycles. The highest BCUT2D eigenvalue weighted by molar-refractivity contribution is 6.06. The number of aromatic amines is 1. The minimum atomic E-state index is -3.26. The summed E-state index contributed by atoms with van der Waals surface area (Å²) in [6.07, 6.45) is 3.76. The van der Waals surface area contributed by atoms with Crippen molar-refractivity contribution in [3.05, 3.63) is 84.0 Å². The average Bonchev–Trinajstić information content (AvgIpc) is 3.75. The maximum atomic E-state index is 15.9. The topological polar surface area (TPSA) is 139 Å². The van der Waals surface area contributed by atoms with Gasteiger partial charge in [-0.05, 0) is 36.8 Å². The molecule has 15 heteroatoms. The van der Waals surface area contributed by atoms with E-state index in [9.17, 15) is 14.3 Å². The number of amides is 1. The second-order valence-electron chi connectivity index (χ2n) is 11.5. The van der Waals surface area contributed by atoms with E-state index in [4.69, 9.17) is 18.9 Å². The van der Waals surface area contributed by atoms with Gasteiger partial charge in [-0.25, -0.2) is 13.8 Å². The molecule has 1 atom stereocenters. The first-order valence-corrected chi connectivity index (χ1v) is 15.3. The van der Waals surface area contributed by atoms with Crippen LogP contribution in [0.4, 0.5) is 17.6 Å². The molecule has 0 saturated carbocycles. The number of pyridine rings is 2. The zero-order valence-electron chi connectivity index (χ0n) is 26.5. The van der Waals surface area contributed by atoms with Crippen molar-refractivity contribution >= 4 is 16.9 Å². The number of alkyl halides is 2. The lowest BCUT2D eigenvalue weighted by Crippen LogP contribution is -2.42. The normalized spacial score (nSPS) is 14.8. The number of H-pyrrole nitrogens is 1. The van der Waals surface area contributed by atoms with Gasteiger partial charge in [0.25, 0.3) is 0 Å². The quantitative estimate of drug-likeness (QED) is 0.0885. The van der Waals surface area contributed by atoms with Crippen LogP contribution < -0.4 is 10.1 Å². The molecule has 0 spiro atoms. The standard InChI is InChI=1S/C34H32F4N6O5/c1-4-27(46)40-18(2)24-14-25(43-42-24)31-28(29-23(36)12-21(35)13-26(29)48-10-9-47-3)22-5-8-49-32(22)30(41-31)19-11-20-16-44(6-7-45)17-34(37,38)33(20)39-15-19/h4-5,8,11-15,18,45H,1,6-7,9-10,16-17H2,2-3H3,(H,40,46)(H,42,43)/t18-/m1/s1. The largest absolute Gasteiger partial charge is 0.490 e. The Balaban J connectivity index is 1.59. The van der Waals surface area contributed by atoms with Gasteiger partial charge in [-0.1, -0.05) is 6.58 Å². The minimum Gasteiger partial charge on any atom is -0.490 e. The molecule has 3 N–H and O–H groups in total. The van der Waals surface area contributed by atoms with Gasteiger partial charge >= 0.3 is 5.92 Å². The molecule has 5 aromatic rings. The van der Waals surface area contributed by atoms with Crippen LogP contribution in [0.2, 0.25) is 0 Å². The second-order valence-corrected chi connectivity index (χ2v) is 11.5. The molecule has 0 bridgehead atoms. The predicted octanol–water partition coefficient (Wildman–Crippen LogP) is 5.51. The highest BCUT2D eigenvalue weighted by Crippen LogP contribution is 2.46. The molecule has 49 heavy (non-hydrogen) atoms. The highest BCUT2D eigenvalue weighted by atomic mass is 19.3. The van der Waals surface area contributed by atoms with Crippen LogP contribution in [0.25, 0.3) is 44.7 Å². The van der Waals surface area contributed by atoms with Crippen molar-refractivity contribution in [1.82, 2.24) is 30.4 Å². The monoisotopic (exact) mass is 680 g/mol. The lowest BCUT2D eigenvalue weighted by atomic mass is 9.94. The lowest BCUT2D eigenvalue weighted by molar-refractivity contribution is -0.117. The number of nitrogens with zero attached hydrogens (tertiary/aromatic N) is 4. The van der Waals surface area contributed by atoms with E-state index < -0.39 is 36.1 Å². The van der Waals surface area contributed by atoms with Crippen molar-refractivity contribution in [3.8, 4) is 39.5 Å². The summed E-state index contributed by atoms with van der Waals surface area (Å²) in [6, 6.07) is 5.94. The molecular formula is C34H32F4N6O5. The molecule has 256 valence electrons. The number of fused-ring (bicyclic) bond motifs is 2. The van der Waals surface area contributed by atoms with Crippen LogP contribution in [-0.4, -0.2) is 76.1 Å². The summed E-state index contributed by atoms with van der Waals surface area (Å²) in [4.78, 5) is 22.4. The summed E-state index contributed by atoms with van der Waals surface area (Å²) in [7, 11) is 1.46. The Labute approximate surface area is 277 Å². The Kier molecular flexibility index (Phi) is 9.50. The van der Waals surface area contributed by atoms with Gasteiger partial charge < -0.3 is 24.3 Å². The summed E-state index contributed by atoms with van der Waals surface area (Å²) in [5.41, 5.74) is 1.38. The fourth-order valence-corrected chi connectivity index (χ4v) is 5.88. The van der Waals surface area contributed by atoms with Gasteiger partial charge in [0.1, 0.15) is 46.8 Å². The van der Waals surface area contributed by atoms with Gasteiger partial charge in [0, 0.05) is 55.0 Å². The molecule has 1 aliphatic heterocycles. The number of aliphatic hydroxyl groups excluding tert-OH is 1. The number of halogens is 4. The number of β-amino-alcohol motifs (C(OH)–C–C–N with tert-alkyl or cyclic N) is 1. The Bertz CT molecular complexity index is 2030. The Morgan fingerprint density at radius 1 is 1.22 bits per heavy atom.